The second-order valence-corrected chi connectivity index (χ2v) is 6.46. The molecular weight excluding hydrogens is 353 g/mol. The third kappa shape index (κ3) is 4.31. The maximum absolute atomic E-state index is 13.8. The Kier molecular flexibility index (Phi) is 5.38. The van der Waals surface area contributed by atoms with E-state index in [0.29, 0.717) is 21.6 Å². The first-order valence-corrected chi connectivity index (χ1v) is 8.75. The normalized spacial score (nSPS) is 11.4. The van der Waals surface area contributed by atoms with Gasteiger partial charge in [0, 0.05) is 35.3 Å². The fraction of sp³-hybridized carbons (Fsp3) is 0.105. The second-order valence-electron chi connectivity index (χ2n) is 5.58. The molecule has 7 heteroatoms. The third-order valence-corrected chi connectivity index (χ3v) is 4.38. The molecule has 5 nitrogen and oxygen atoms in total. The van der Waals surface area contributed by atoms with E-state index in [2.05, 4.69) is 10.3 Å². The first-order valence-electron chi connectivity index (χ1n) is 7.87. The number of benzene rings is 2. The van der Waals surface area contributed by atoms with Crippen molar-refractivity contribution in [1.82, 2.24) is 4.57 Å². The smallest absolute Gasteiger partial charge is 0.279 e. The molecule has 0 saturated heterocycles. The number of rotatable bonds is 4. The minimum absolute atomic E-state index is 0.215. The molecule has 26 heavy (non-hydrogen) atoms. The average molecular weight is 369 g/mol. The number of amides is 2. The van der Waals surface area contributed by atoms with Crippen LogP contribution >= 0.6 is 11.3 Å². The van der Waals surface area contributed by atoms with Crippen molar-refractivity contribution in [2.45, 2.75) is 13.5 Å². The van der Waals surface area contributed by atoms with Gasteiger partial charge in [-0.2, -0.15) is 4.99 Å². The monoisotopic (exact) mass is 369 g/mol. The standard InChI is InChI=1S/C19H16FN3O2S/c1-13(24)21-16-7-4-6-14(11-16)18(25)22-19-23(9-10-26-19)12-15-5-2-3-8-17(15)20/h2-11H,12H2,1H3,(H,21,24). The Balaban J connectivity index is 1.87. The van der Waals surface area contributed by atoms with Gasteiger partial charge >= 0.3 is 0 Å². The van der Waals surface area contributed by atoms with Crippen molar-refractivity contribution in [1.29, 1.82) is 0 Å². The molecule has 0 fully saturated rings. The molecule has 0 bridgehead atoms. The molecule has 0 saturated carbocycles. The number of hydrogen-bond donors (Lipinski definition) is 1. The lowest BCUT2D eigenvalue weighted by molar-refractivity contribution is -0.114. The average Bonchev–Trinajstić information content (AvgIpc) is 3.03. The number of nitrogens with zero attached hydrogens (tertiary/aromatic N) is 2. The Bertz CT molecular complexity index is 1020. The summed E-state index contributed by atoms with van der Waals surface area (Å²) in [4.78, 5) is 28.2. The van der Waals surface area contributed by atoms with E-state index in [1.807, 2.05) is 0 Å². The molecule has 2 aromatic carbocycles. The predicted molar refractivity (Wildman–Crippen MR) is 98.5 cm³/mol. The molecule has 0 radical (unpaired) electrons. The topological polar surface area (TPSA) is 63.5 Å². The molecule has 132 valence electrons. The van der Waals surface area contributed by atoms with Gasteiger partial charge in [0.05, 0.1) is 6.54 Å². The highest BCUT2D eigenvalue weighted by Gasteiger charge is 2.08. The SMILES string of the molecule is CC(=O)Nc1cccc(C(=O)N=c2sccn2Cc2ccccc2F)c1. The van der Waals surface area contributed by atoms with Gasteiger partial charge in [-0.15, -0.1) is 11.3 Å². The zero-order chi connectivity index (χ0) is 18.5. The summed E-state index contributed by atoms with van der Waals surface area (Å²) < 4.78 is 15.6. The summed E-state index contributed by atoms with van der Waals surface area (Å²) in [6.45, 7) is 1.68. The van der Waals surface area contributed by atoms with Crippen molar-refractivity contribution in [3.63, 3.8) is 0 Å². The highest BCUT2D eigenvalue weighted by Crippen LogP contribution is 2.12. The molecule has 1 N–H and O–H groups in total. The molecule has 0 aliphatic rings. The van der Waals surface area contributed by atoms with Crippen LogP contribution in [0.5, 0.6) is 0 Å². The molecule has 0 unspecified atom stereocenters. The highest BCUT2D eigenvalue weighted by atomic mass is 32.1. The van der Waals surface area contributed by atoms with Crippen LogP contribution in [0.1, 0.15) is 22.8 Å². The van der Waals surface area contributed by atoms with Gasteiger partial charge in [0.15, 0.2) is 4.80 Å². The molecule has 0 aliphatic carbocycles. The number of aromatic nitrogens is 1. The number of hydrogen-bond acceptors (Lipinski definition) is 3. The summed E-state index contributed by atoms with van der Waals surface area (Å²) in [5, 5.41) is 4.42. The minimum Gasteiger partial charge on any atom is -0.326 e. The van der Waals surface area contributed by atoms with Gasteiger partial charge < -0.3 is 9.88 Å². The Morgan fingerprint density at radius 3 is 2.77 bits per heavy atom. The van der Waals surface area contributed by atoms with E-state index < -0.39 is 5.91 Å². The predicted octanol–water partition coefficient (Wildman–Crippen LogP) is 3.44. The zero-order valence-corrected chi connectivity index (χ0v) is 14.8. The van der Waals surface area contributed by atoms with Crippen molar-refractivity contribution in [2.75, 3.05) is 5.32 Å². The number of anilines is 1. The summed E-state index contributed by atoms with van der Waals surface area (Å²) >= 11 is 1.30. The van der Waals surface area contributed by atoms with E-state index in [9.17, 15) is 14.0 Å². The molecule has 0 spiro atoms. The summed E-state index contributed by atoms with van der Waals surface area (Å²) in [5.74, 6) is -0.944. The van der Waals surface area contributed by atoms with E-state index in [1.54, 1.807) is 58.6 Å². The van der Waals surface area contributed by atoms with Crippen LogP contribution in [0.15, 0.2) is 65.1 Å². The molecule has 3 aromatic rings. The van der Waals surface area contributed by atoms with Crippen LogP contribution in [0.2, 0.25) is 0 Å². The fourth-order valence-corrected chi connectivity index (χ4v) is 3.13. The van der Waals surface area contributed by atoms with Crippen LogP contribution in [-0.2, 0) is 11.3 Å². The molecule has 0 atom stereocenters. The molecule has 1 aromatic heterocycles. The molecule has 3 rings (SSSR count). The summed E-state index contributed by atoms with van der Waals surface area (Å²) in [6.07, 6.45) is 1.76. The Labute approximate surface area is 153 Å². The van der Waals surface area contributed by atoms with Crippen LogP contribution < -0.4 is 10.1 Å². The van der Waals surface area contributed by atoms with Crippen molar-refractivity contribution >= 4 is 28.8 Å². The highest BCUT2D eigenvalue weighted by molar-refractivity contribution is 7.07. The van der Waals surface area contributed by atoms with Crippen molar-refractivity contribution in [2.24, 2.45) is 4.99 Å². The Morgan fingerprint density at radius 2 is 2.00 bits per heavy atom. The maximum Gasteiger partial charge on any atom is 0.279 e. The van der Waals surface area contributed by atoms with Crippen LogP contribution in [-0.4, -0.2) is 16.4 Å². The summed E-state index contributed by atoms with van der Waals surface area (Å²) in [5.41, 5.74) is 1.42. The number of carbonyl (C=O) groups is 2. The number of nitrogens with one attached hydrogen (secondary N) is 1. The number of halogens is 1. The van der Waals surface area contributed by atoms with Crippen molar-refractivity contribution in [3.8, 4) is 0 Å². The quantitative estimate of drug-likeness (QED) is 0.766. The lowest BCUT2D eigenvalue weighted by atomic mass is 10.2. The van der Waals surface area contributed by atoms with E-state index in [0.717, 1.165) is 0 Å². The van der Waals surface area contributed by atoms with Gasteiger partial charge in [-0.25, -0.2) is 4.39 Å². The van der Waals surface area contributed by atoms with Gasteiger partial charge in [0.25, 0.3) is 5.91 Å². The van der Waals surface area contributed by atoms with Gasteiger partial charge in [0.2, 0.25) is 5.91 Å². The van der Waals surface area contributed by atoms with Crippen LogP contribution in [0, 0.1) is 5.82 Å². The number of carbonyl (C=O) groups excluding carboxylic acids is 2. The first kappa shape index (κ1) is 17.8. The maximum atomic E-state index is 13.8. The molecule has 1 heterocycles. The lowest BCUT2D eigenvalue weighted by Crippen LogP contribution is -2.17. The lowest BCUT2D eigenvalue weighted by Gasteiger charge is -2.05. The van der Waals surface area contributed by atoms with Crippen LogP contribution in [0.25, 0.3) is 0 Å². The van der Waals surface area contributed by atoms with Crippen LogP contribution in [0.4, 0.5) is 10.1 Å². The summed E-state index contributed by atoms with van der Waals surface area (Å²) in [7, 11) is 0. The van der Waals surface area contributed by atoms with E-state index in [-0.39, 0.29) is 18.3 Å². The van der Waals surface area contributed by atoms with Gasteiger partial charge in [-0.3, -0.25) is 9.59 Å². The molecule has 0 aliphatic heterocycles. The summed E-state index contributed by atoms with van der Waals surface area (Å²) in [6, 6.07) is 13.1. The number of thiazole rings is 1. The van der Waals surface area contributed by atoms with Gasteiger partial charge in [-0.05, 0) is 24.3 Å². The van der Waals surface area contributed by atoms with E-state index in [1.165, 1.54) is 24.3 Å². The fourth-order valence-electron chi connectivity index (χ4n) is 2.40. The first-order chi connectivity index (χ1) is 12.5. The van der Waals surface area contributed by atoms with Crippen LogP contribution in [0.3, 0.4) is 0 Å². The van der Waals surface area contributed by atoms with Crippen molar-refractivity contribution < 1.29 is 14.0 Å². The van der Waals surface area contributed by atoms with Gasteiger partial charge in [-0.1, -0.05) is 24.3 Å². The Hall–Kier alpha value is -3.06. The zero-order valence-electron chi connectivity index (χ0n) is 14.0. The molecule has 2 amide bonds. The second kappa shape index (κ2) is 7.88. The minimum atomic E-state index is -0.429. The van der Waals surface area contributed by atoms with E-state index >= 15 is 0 Å². The third-order valence-electron chi connectivity index (χ3n) is 3.59. The van der Waals surface area contributed by atoms with Crippen molar-refractivity contribution in [3.05, 3.63) is 81.9 Å². The largest absolute Gasteiger partial charge is 0.326 e. The van der Waals surface area contributed by atoms with E-state index in [4.69, 9.17) is 0 Å². The van der Waals surface area contributed by atoms with Gasteiger partial charge in [0.1, 0.15) is 5.82 Å². The Morgan fingerprint density at radius 1 is 1.19 bits per heavy atom. The molecular formula is C19H16FN3O2S.